The van der Waals surface area contributed by atoms with E-state index in [1.165, 1.54) is 25.7 Å². The van der Waals surface area contributed by atoms with E-state index in [0.29, 0.717) is 17.0 Å². The number of hydrogen-bond donors (Lipinski definition) is 0. The monoisotopic (exact) mass is 590 g/mol. The van der Waals surface area contributed by atoms with E-state index in [1.54, 1.807) is 12.1 Å². The van der Waals surface area contributed by atoms with E-state index < -0.39 is 15.1 Å². The molecule has 0 aliphatic carbocycles. The van der Waals surface area contributed by atoms with Gasteiger partial charge >= 0.3 is 0 Å². The van der Waals surface area contributed by atoms with E-state index in [4.69, 9.17) is 4.98 Å². The summed E-state index contributed by atoms with van der Waals surface area (Å²) in [6.07, 6.45) is 7.72. The molecule has 0 fully saturated rings. The summed E-state index contributed by atoms with van der Waals surface area (Å²) in [6.45, 7) is 5.00. The highest BCUT2D eigenvalue weighted by atomic mass is 32.2. The van der Waals surface area contributed by atoms with Crippen molar-refractivity contribution < 1.29 is 8.42 Å². The summed E-state index contributed by atoms with van der Waals surface area (Å²) >= 11 is 0. The number of imidazole rings is 1. The molecule has 1 unspecified atom stereocenters. The van der Waals surface area contributed by atoms with Gasteiger partial charge in [0.05, 0.1) is 16.3 Å². The molecule has 0 saturated heterocycles. The molecular formula is C38H42N2O2S. The Morgan fingerprint density at radius 2 is 1.28 bits per heavy atom. The molecule has 222 valence electrons. The minimum Gasteiger partial charge on any atom is -0.327 e. The summed E-state index contributed by atoms with van der Waals surface area (Å²) in [5, 5.41) is -0.952. The maximum Gasteiger partial charge on any atom is 0.191 e. The van der Waals surface area contributed by atoms with Crippen LogP contribution in [-0.4, -0.2) is 18.0 Å². The molecule has 0 amide bonds. The van der Waals surface area contributed by atoms with Gasteiger partial charge in [-0.3, -0.25) is 0 Å². The van der Waals surface area contributed by atoms with Crippen LogP contribution in [0.2, 0.25) is 0 Å². The van der Waals surface area contributed by atoms with Gasteiger partial charge in [-0.2, -0.15) is 0 Å². The largest absolute Gasteiger partial charge is 0.327 e. The predicted octanol–water partition coefficient (Wildman–Crippen LogP) is 9.37. The normalized spacial score (nSPS) is 12.3. The molecule has 43 heavy (non-hydrogen) atoms. The molecule has 0 spiro atoms. The molecule has 4 nitrogen and oxygen atoms in total. The summed E-state index contributed by atoms with van der Waals surface area (Å²) in [6, 6.07) is 37.3. The van der Waals surface area contributed by atoms with Crippen LogP contribution >= 0.6 is 0 Å². The summed E-state index contributed by atoms with van der Waals surface area (Å²) in [5.74, 6) is 0.897. The zero-order valence-corrected chi connectivity index (χ0v) is 26.1. The van der Waals surface area contributed by atoms with Gasteiger partial charge in [0, 0.05) is 18.5 Å². The zero-order chi connectivity index (χ0) is 30.1. The first-order chi connectivity index (χ1) is 21.0. The van der Waals surface area contributed by atoms with Crippen molar-refractivity contribution >= 4 is 9.84 Å². The number of rotatable bonds is 14. The lowest BCUT2D eigenvalue weighted by Gasteiger charge is -2.20. The number of hydrogen-bond acceptors (Lipinski definition) is 3. The highest BCUT2D eigenvalue weighted by Gasteiger charge is 2.36. The number of aromatic nitrogens is 2. The SMILES string of the molecule is CCCCCCCCn1c(Cc2ccccc2)nc(C(c2ccccc2)S(=O)(=O)c2ccc(C)cc2)c1-c1ccccc1. The fourth-order valence-corrected chi connectivity index (χ4v) is 7.54. The zero-order valence-electron chi connectivity index (χ0n) is 25.3. The number of nitrogens with zero attached hydrogens (tertiary/aromatic N) is 2. The Morgan fingerprint density at radius 1 is 0.698 bits per heavy atom. The van der Waals surface area contributed by atoms with Crippen LogP contribution in [0.4, 0.5) is 0 Å². The molecule has 4 aromatic carbocycles. The average Bonchev–Trinajstić information content (AvgIpc) is 3.37. The molecule has 0 aliphatic rings. The lowest BCUT2D eigenvalue weighted by atomic mass is 10.0. The lowest BCUT2D eigenvalue weighted by Crippen LogP contribution is -2.17. The van der Waals surface area contributed by atoms with E-state index in [1.807, 2.05) is 85.8 Å². The highest BCUT2D eigenvalue weighted by molar-refractivity contribution is 7.92. The van der Waals surface area contributed by atoms with Crippen molar-refractivity contribution in [3.05, 3.63) is 143 Å². The van der Waals surface area contributed by atoms with Crippen molar-refractivity contribution in [2.24, 2.45) is 0 Å². The molecular weight excluding hydrogens is 548 g/mol. The van der Waals surface area contributed by atoms with Crippen molar-refractivity contribution in [1.29, 1.82) is 0 Å². The van der Waals surface area contributed by atoms with Crippen molar-refractivity contribution in [2.45, 2.75) is 75.5 Å². The first-order valence-electron chi connectivity index (χ1n) is 15.5. The first-order valence-corrected chi connectivity index (χ1v) is 17.1. The van der Waals surface area contributed by atoms with Crippen LogP contribution in [0.5, 0.6) is 0 Å². The van der Waals surface area contributed by atoms with Gasteiger partial charge in [-0.05, 0) is 36.6 Å². The minimum absolute atomic E-state index is 0.307. The Bertz CT molecular complexity index is 1680. The number of aryl methyl sites for hydroxylation is 1. The van der Waals surface area contributed by atoms with Gasteiger partial charge in [-0.25, -0.2) is 13.4 Å². The van der Waals surface area contributed by atoms with Crippen LogP contribution < -0.4 is 0 Å². The van der Waals surface area contributed by atoms with Gasteiger partial charge in [-0.1, -0.05) is 148 Å². The summed E-state index contributed by atoms with van der Waals surface area (Å²) in [7, 11) is -3.84. The molecule has 0 aliphatic heterocycles. The Kier molecular flexibility index (Phi) is 10.3. The second-order valence-corrected chi connectivity index (χ2v) is 13.4. The van der Waals surface area contributed by atoms with Crippen molar-refractivity contribution in [2.75, 3.05) is 0 Å². The smallest absolute Gasteiger partial charge is 0.191 e. The molecule has 0 saturated carbocycles. The van der Waals surface area contributed by atoms with Crippen molar-refractivity contribution in [3.8, 4) is 11.3 Å². The fraction of sp³-hybridized carbons (Fsp3) is 0.289. The summed E-state index contributed by atoms with van der Waals surface area (Å²) < 4.78 is 31.5. The van der Waals surface area contributed by atoms with Crippen LogP contribution in [0.3, 0.4) is 0 Å². The van der Waals surface area contributed by atoms with Gasteiger partial charge in [0.25, 0.3) is 0 Å². The standard InChI is InChI=1S/C38H42N2O2S/c1-3-4-5-6-7-17-28-40-35(29-31-18-11-8-12-19-31)39-36(37(40)32-20-13-9-14-21-32)38(33-22-15-10-16-23-33)43(41,42)34-26-24-30(2)25-27-34/h8-16,18-27,38H,3-7,17,28-29H2,1-2H3. The Morgan fingerprint density at radius 3 is 1.93 bits per heavy atom. The van der Waals surface area contributed by atoms with Crippen molar-refractivity contribution in [1.82, 2.24) is 9.55 Å². The molecule has 0 N–H and O–H groups in total. The third-order valence-corrected chi connectivity index (χ3v) is 10.1. The van der Waals surface area contributed by atoms with E-state index in [2.05, 4.69) is 35.8 Å². The maximum atomic E-state index is 14.6. The van der Waals surface area contributed by atoms with Crippen LogP contribution in [0, 0.1) is 6.92 Å². The number of benzene rings is 4. The van der Waals surface area contributed by atoms with E-state index in [-0.39, 0.29) is 0 Å². The quantitative estimate of drug-likeness (QED) is 0.121. The minimum atomic E-state index is -3.84. The first kappa shape index (κ1) is 30.5. The van der Waals surface area contributed by atoms with Gasteiger partial charge < -0.3 is 4.57 Å². The Balaban J connectivity index is 1.70. The van der Waals surface area contributed by atoms with Gasteiger partial charge in [0.1, 0.15) is 11.1 Å². The topological polar surface area (TPSA) is 52.0 Å². The van der Waals surface area contributed by atoms with E-state index in [0.717, 1.165) is 53.2 Å². The summed E-state index contributed by atoms with van der Waals surface area (Å²) in [5.41, 5.74) is 5.36. The third-order valence-electron chi connectivity index (χ3n) is 8.07. The molecule has 1 aromatic heterocycles. The highest BCUT2D eigenvalue weighted by Crippen LogP contribution is 2.41. The molecule has 0 bridgehead atoms. The molecule has 5 heteroatoms. The molecule has 5 aromatic rings. The van der Waals surface area contributed by atoms with Crippen LogP contribution in [-0.2, 0) is 22.8 Å². The molecule has 5 rings (SSSR count). The molecule has 1 atom stereocenters. The average molecular weight is 591 g/mol. The fourth-order valence-electron chi connectivity index (χ4n) is 5.78. The van der Waals surface area contributed by atoms with Gasteiger partial charge in [0.2, 0.25) is 0 Å². The number of sulfone groups is 1. The number of unbranched alkanes of at least 4 members (excludes halogenated alkanes) is 5. The van der Waals surface area contributed by atoms with Crippen LogP contribution in [0.1, 0.15) is 78.9 Å². The second-order valence-electron chi connectivity index (χ2n) is 11.4. The molecule has 0 radical (unpaired) electrons. The summed E-state index contributed by atoms with van der Waals surface area (Å²) in [4.78, 5) is 5.59. The third kappa shape index (κ3) is 7.34. The Hall–Kier alpha value is -3.96. The van der Waals surface area contributed by atoms with E-state index in [9.17, 15) is 8.42 Å². The lowest BCUT2D eigenvalue weighted by molar-refractivity contribution is 0.550. The molecule has 1 heterocycles. The van der Waals surface area contributed by atoms with E-state index >= 15 is 0 Å². The van der Waals surface area contributed by atoms with Gasteiger partial charge in [0.15, 0.2) is 9.84 Å². The Labute approximate surface area is 257 Å². The second kappa shape index (κ2) is 14.5. The maximum absolute atomic E-state index is 14.6. The predicted molar refractivity (Wildman–Crippen MR) is 177 cm³/mol. The van der Waals surface area contributed by atoms with Crippen molar-refractivity contribution in [3.63, 3.8) is 0 Å². The van der Waals surface area contributed by atoms with Crippen LogP contribution in [0.15, 0.2) is 120 Å². The van der Waals surface area contributed by atoms with Gasteiger partial charge in [-0.15, -0.1) is 0 Å². The van der Waals surface area contributed by atoms with Crippen LogP contribution in [0.25, 0.3) is 11.3 Å².